The minimum Gasteiger partial charge on any atom is -0.324 e. The topological polar surface area (TPSA) is 49.3 Å². The smallest absolute Gasteiger partial charge is 0.211 e. The Labute approximate surface area is 129 Å². The first-order valence-electron chi connectivity index (χ1n) is 6.97. The quantitative estimate of drug-likeness (QED) is 0.815. The van der Waals surface area contributed by atoms with Crippen molar-refractivity contribution in [2.24, 2.45) is 4.99 Å². The average Bonchev–Trinajstić information content (AvgIpc) is 2.49. The molecule has 2 aromatic rings. The van der Waals surface area contributed by atoms with E-state index in [0.29, 0.717) is 5.92 Å². The number of aryl methyl sites for hydroxylation is 1. The third kappa shape index (κ3) is 3.03. The standard InChI is InChI=1S/C16H18N4S/c1-10(2)13-8-7-12(9-17-13)18-16-19-15-11(3)5-4-6-14(15)21-20-16/h4-10H,1-3H3,(H2,18,19,20). The van der Waals surface area contributed by atoms with Crippen molar-refractivity contribution in [3.05, 3.63) is 47.8 Å². The molecule has 0 bridgehead atoms. The average molecular weight is 298 g/mol. The van der Waals surface area contributed by atoms with Crippen LogP contribution in [0.3, 0.4) is 0 Å². The van der Waals surface area contributed by atoms with Crippen LogP contribution in [0.1, 0.15) is 31.0 Å². The zero-order valence-electron chi connectivity index (χ0n) is 12.3. The summed E-state index contributed by atoms with van der Waals surface area (Å²) in [5, 5.41) is 3.27. The maximum Gasteiger partial charge on any atom is 0.211 e. The second-order valence-electron chi connectivity index (χ2n) is 5.34. The van der Waals surface area contributed by atoms with Crippen molar-refractivity contribution >= 4 is 29.3 Å². The Hall–Kier alpha value is -2.01. The molecule has 2 heterocycles. The van der Waals surface area contributed by atoms with Gasteiger partial charge in [0.1, 0.15) is 0 Å². The molecule has 108 valence electrons. The summed E-state index contributed by atoms with van der Waals surface area (Å²) in [7, 11) is 0. The lowest BCUT2D eigenvalue weighted by Crippen LogP contribution is -2.27. The van der Waals surface area contributed by atoms with E-state index in [-0.39, 0.29) is 0 Å². The van der Waals surface area contributed by atoms with E-state index in [2.05, 4.69) is 52.9 Å². The van der Waals surface area contributed by atoms with Crippen molar-refractivity contribution in [1.29, 1.82) is 0 Å². The summed E-state index contributed by atoms with van der Waals surface area (Å²) in [5.41, 5.74) is 4.22. The molecule has 0 amide bonds. The highest BCUT2D eigenvalue weighted by Gasteiger charge is 2.14. The van der Waals surface area contributed by atoms with Gasteiger partial charge in [-0.2, -0.15) is 0 Å². The van der Waals surface area contributed by atoms with E-state index in [1.54, 1.807) is 11.9 Å². The second kappa shape index (κ2) is 5.77. The largest absolute Gasteiger partial charge is 0.324 e. The van der Waals surface area contributed by atoms with E-state index in [9.17, 15) is 0 Å². The third-order valence-electron chi connectivity index (χ3n) is 3.32. The van der Waals surface area contributed by atoms with E-state index in [0.717, 1.165) is 27.9 Å². The van der Waals surface area contributed by atoms with Gasteiger partial charge in [0.2, 0.25) is 5.96 Å². The van der Waals surface area contributed by atoms with Crippen molar-refractivity contribution in [2.45, 2.75) is 31.6 Å². The molecule has 3 rings (SSSR count). The number of pyridine rings is 1. The zero-order chi connectivity index (χ0) is 14.8. The number of aliphatic imine (C=N–C) groups is 1. The fraction of sp³-hybridized carbons (Fsp3) is 0.250. The van der Waals surface area contributed by atoms with E-state index < -0.39 is 0 Å². The van der Waals surface area contributed by atoms with Gasteiger partial charge in [0.15, 0.2) is 0 Å². The maximum atomic E-state index is 4.64. The number of para-hydroxylation sites is 1. The number of anilines is 1. The second-order valence-corrected chi connectivity index (χ2v) is 6.19. The summed E-state index contributed by atoms with van der Waals surface area (Å²) in [4.78, 5) is 10.2. The highest BCUT2D eigenvalue weighted by atomic mass is 32.2. The molecule has 0 atom stereocenters. The number of guanidine groups is 1. The number of aromatic nitrogens is 1. The first kappa shape index (κ1) is 13.9. The number of nitrogens with zero attached hydrogens (tertiary/aromatic N) is 2. The van der Waals surface area contributed by atoms with Crippen molar-refractivity contribution in [3.63, 3.8) is 0 Å². The number of hydrogen-bond acceptors (Lipinski definition) is 5. The number of fused-ring (bicyclic) bond motifs is 1. The van der Waals surface area contributed by atoms with Gasteiger partial charge in [-0.1, -0.05) is 26.0 Å². The lowest BCUT2D eigenvalue weighted by molar-refractivity contribution is 0.823. The van der Waals surface area contributed by atoms with E-state index in [1.165, 1.54) is 5.56 Å². The van der Waals surface area contributed by atoms with Crippen LogP contribution in [0.25, 0.3) is 0 Å². The molecule has 1 aromatic carbocycles. The maximum absolute atomic E-state index is 4.64. The molecule has 0 saturated heterocycles. The molecule has 0 radical (unpaired) electrons. The first-order valence-corrected chi connectivity index (χ1v) is 7.79. The molecule has 2 N–H and O–H groups in total. The molecule has 0 aliphatic carbocycles. The summed E-state index contributed by atoms with van der Waals surface area (Å²) in [6.07, 6.45) is 1.84. The van der Waals surface area contributed by atoms with Crippen molar-refractivity contribution < 1.29 is 0 Å². The summed E-state index contributed by atoms with van der Waals surface area (Å²) in [6.45, 7) is 6.35. The van der Waals surface area contributed by atoms with Crippen LogP contribution in [0.4, 0.5) is 11.4 Å². The highest BCUT2D eigenvalue weighted by Crippen LogP contribution is 2.34. The summed E-state index contributed by atoms with van der Waals surface area (Å²) in [5.74, 6) is 1.18. The summed E-state index contributed by atoms with van der Waals surface area (Å²) >= 11 is 1.57. The molecule has 0 fully saturated rings. The molecule has 5 heteroatoms. The number of rotatable bonds is 2. The van der Waals surface area contributed by atoms with Crippen LogP contribution in [0.15, 0.2) is 46.4 Å². The number of benzene rings is 1. The van der Waals surface area contributed by atoms with Gasteiger partial charge in [-0.15, -0.1) is 0 Å². The Kier molecular flexibility index (Phi) is 3.84. The number of nitrogens with one attached hydrogen (secondary N) is 2. The van der Waals surface area contributed by atoms with Gasteiger partial charge in [-0.05, 0) is 48.6 Å². The van der Waals surface area contributed by atoms with E-state index in [4.69, 9.17) is 0 Å². The minimum atomic E-state index is 0.439. The Bertz CT molecular complexity index is 677. The highest BCUT2D eigenvalue weighted by molar-refractivity contribution is 7.98. The normalized spacial score (nSPS) is 13.4. The summed E-state index contributed by atoms with van der Waals surface area (Å²) in [6, 6.07) is 10.3. The molecule has 1 aliphatic heterocycles. The molecule has 21 heavy (non-hydrogen) atoms. The summed E-state index contributed by atoms with van der Waals surface area (Å²) < 4.78 is 3.22. The van der Waals surface area contributed by atoms with Crippen molar-refractivity contribution in [1.82, 2.24) is 9.71 Å². The predicted molar refractivity (Wildman–Crippen MR) is 89.2 cm³/mol. The molecule has 0 unspecified atom stereocenters. The van der Waals surface area contributed by atoms with Gasteiger partial charge in [0.25, 0.3) is 0 Å². The van der Waals surface area contributed by atoms with Crippen LogP contribution in [0, 0.1) is 6.92 Å². The Morgan fingerprint density at radius 2 is 2.05 bits per heavy atom. The number of hydrogen-bond donors (Lipinski definition) is 2. The predicted octanol–water partition coefficient (Wildman–Crippen LogP) is 4.22. The zero-order valence-corrected chi connectivity index (χ0v) is 13.2. The molecule has 1 aromatic heterocycles. The Morgan fingerprint density at radius 3 is 2.76 bits per heavy atom. The van der Waals surface area contributed by atoms with Crippen molar-refractivity contribution in [3.8, 4) is 0 Å². The van der Waals surface area contributed by atoms with Gasteiger partial charge in [0.05, 0.1) is 22.5 Å². The molecule has 0 spiro atoms. The van der Waals surface area contributed by atoms with Crippen LogP contribution in [-0.4, -0.2) is 10.9 Å². The van der Waals surface area contributed by atoms with Crippen LogP contribution >= 0.6 is 11.9 Å². The molecule has 0 saturated carbocycles. The fourth-order valence-electron chi connectivity index (χ4n) is 2.11. The Balaban J connectivity index is 1.81. The van der Waals surface area contributed by atoms with Gasteiger partial charge < -0.3 is 5.32 Å². The molecular weight excluding hydrogens is 280 g/mol. The molecule has 4 nitrogen and oxygen atoms in total. The SMILES string of the molecule is Cc1cccc2c1N=C(Nc1ccc(C(C)C)nc1)NS2. The molecule has 1 aliphatic rings. The lowest BCUT2D eigenvalue weighted by Gasteiger charge is -2.19. The van der Waals surface area contributed by atoms with Gasteiger partial charge in [-0.25, -0.2) is 4.99 Å². The van der Waals surface area contributed by atoms with Crippen molar-refractivity contribution in [2.75, 3.05) is 5.32 Å². The van der Waals surface area contributed by atoms with Crippen LogP contribution in [0.5, 0.6) is 0 Å². The minimum absolute atomic E-state index is 0.439. The Morgan fingerprint density at radius 1 is 1.19 bits per heavy atom. The fourth-order valence-corrected chi connectivity index (χ4v) is 2.86. The van der Waals surface area contributed by atoms with Crippen LogP contribution in [-0.2, 0) is 0 Å². The van der Waals surface area contributed by atoms with Crippen LogP contribution in [0.2, 0.25) is 0 Å². The van der Waals surface area contributed by atoms with Crippen LogP contribution < -0.4 is 10.0 Å². The third-order valence-corrected chi connectivity index (χ3v) is 4.17. The van der Waals surface area contributed by atoms with Gasteiger partial charge in [-0.3, -0.25) is 9.71 Å². The van der Waals surface area contributed by atoms with Gasteiger partial charge >= 0.3 is 0 Å². The van der Waals surface area contributed by atoms with E-state index in [1.807, 2.05) is 24.4 Å². The van der Waals surface area contributed by atoms with Gasteiger partial charge in [0, 0.05) is 5.69 Å². The first-order chi connectivity index (χ1) is 10.1. The lowest BCUT2D eigenvalue weighted by atomic mass is 10.1. The monoisotopic (exact) mass is 298 g/mol. The van der Waals surface area contributed by atoms with E-state index >= 15 is 0 Å². The molecular formula is C16H18N4S.